The molecule has 1 aromatic carbocycles. The van der Waals surface area contributed by atoms with E-state index in [0.29, 0.717) is 5.69 Å². The number of nitrogens with zero attached hydrogens (tertiary/aromatic N) is 2. The number of methoxy groups -OCH3 is 1. The molecule has 0 saturated heterocycles. The maximum absolute atomic E-state index is 11.4. The second-order valence-electron chi connectivity index (χ2n) is 3.28. The van der Waals surface area contributed by atoms with Gasteiger partial charge in [0.15, 0.2) is 5.84 Å². The van der Waals surface area contributed by atoms with Gasteiger partial charge in [-0.05, 0) is 18.2 Å². The molecular formula is C11H10ClN5O2. The Morgan fingerprint density at radius 3 is 2.84 bits per heavy atom. The van der Waals surface area contributed by atoms with Crippen LogP contribution in [0, 0.1) is 16.7 Å². The number of halogens is 1. The van der Waals surface area contributed by atoms with Crippen LogP contribution in [-0.2, 0) is 4.74 Å². The summed E-state index contributed by atoms with van der Waals surface area (Å²) in [5, 5.41) is 19.6. The Balaban J connectivity index is 3.02. The second-order valence-corrected chi connectivity index (χ2v) is 3.69. The summed E-state index contributed by atoms with van der Waals surface area (Å²) < 4.78 is 4.56. The van der Waals surface area contributed by atoms with Gasteiger partial charge in [0.05, 0.1) is 23.4 Å². The monoisotopic (exact) mass is 279 g/mol. The Morgan fingerprint density at radius 2 is 2.32 bits per heavy atom. The van der Waals surface area contributed by atoms with E-state index < -0.39 is 11.8 Å². The molecule has 0 amide bonds. The van der Waals surface area contributed by atoms with E-state index in [9.17, 15) is 4.79 Å². The van der Waals surface area contributed by atoms with Crippen LogP contribution >= 0.6 is 11.6 Å². The molecule has 0 aromatic heterocycles. The van der Waals surface area contributed by atoms with Crippen molar-refractivity contribution in [1.29, 1.82) is 10.7 Å². The minimum Gasteiger partial charge on any atom is -0.465 e. The molecule has 19 heavy (non-hydrogen) atoms. The van der Waals surface area contributed by atoms with Gasteiger partial charge in [0, 0.05) is 0 Å². The quantitative estimate of drug-likeness (QED) is 0.332. The van der Waals surface area contributed by atoms with E-state index in [1.807, 2.05) is 0 Å². The van der Waals surface area contributed by atoms with E-state index in [4.69, 9.17) is 28.0 Å². The summed E-state index contributed by atoms with van der Waals surface area (Å²) in [6.45, 7) is 0. The molecule has 0 radical (unpaired) electrons. The first-order valence-corrected chi connectivity index (χ1v) is 5.33. The average Bonchev–Trinajstić information content (AvgIpc) is 2.40. The number of hydrogen-bond donors (Lipinski definition) is 3. The van der Waals surface area contributed by atoms with Gasteiger partial charge in [-0.2, -0.15) is 10.4 Å². The zero-order valence-electron chi connectivity index (χ0n) is 9.90. The van der Waals surface area contributed by atoms with Gasteiger partial charge in [-0.1, -0.05) is 11.6 Å². The van der Waals surface area contributed by atoms with Gasteiger partial charge in [-0.15, -0.1) is 0 Å². The number of amidine groups is 1. The Labute approximate surface area is 114 Å². The lowest BCUT2D eigenvalue weighted by molar-refractivity contribution is 0.0601. The van der Waals surface area contributed by atoms with Crippen LogP contribution in [0.5, 0.6) is 0 Å². The number of esters is 1. The largest absolute Gasteiger partial charge is 0.465 e. The number of nitrogens with two attached hydrogens (primary N) is 1. The minimum absolute atomic E-state index is 0.158. The maximum Gasteiger partial charge on any atom is 0.339 e. The third-order valence-corrected chi connectivity index (χ3v) is 2.36. The van der Waals surface area contributed by atoms with E-state index >= 15 is 0 Å². The van der Waals surface area contributed by atoms with Crippen molar-refractivity contribution in [2.45, 2.75) is 0 Å². The number of carbonyl (C=O) groups excluding carboxylic acids is 1. The van der Waals surface area contributed by atoms with Crippen molar-refractivity contribution < 1.29 is 9.53 Å². The van der Waals surface area contributed by atoms with Crippen molar-refractivity contribution >= 4 is 34.8 Å². The molecule has 0 spiro atoms. The molecule has 0 atom stereocenters. The molecule has 0 saturated carbocycles. The molecule has 98 valence electrons. The lowest BCUT2D eigenvalue weighted by atomic mass is 10.2. The summed E-state index contributed by atoms with van der Waals surface area (Å²) in [5.41, 5.74) is 7.92. The van der Waals surface area contributed by atoms with Gasteiger partial charge in [-0.25, -0.2) is 4.79 Å². The normalized spacial score (nSPS) is 10.5. The van der Waals surface area contributed by atoms with Crippen molar-refractivity contribution in [3.63, 3.8) is 0 Å². The zero-order chi connectivity index (χ0) is 14.4. The van der Waals surface area contributed by atoms with Gasteiger partial charge in [0.1, 0.15) is 6.07 Å². The highest BCUT2D eigenvalue weighted by Crippen LogP contribution is 2.21. The van der Waals surface area contributed by atoms with Gasteiger partial charge in [-0.3, -0.25) is 10.8 Å². The molecule has 0 unspecified atom stereocenters. The van der Waals surface area contributed by atoms with Crippen LogP contribution in [0.2, 0.25) is 5.02 Å². The second kappa shape index (κ2) is 6.37. The van der Waals surface area contributed by atoms with Gasteiger partial charge < -0.3 is 10.5 Å². The van der Waals surface area contributed by atoms with Crippen LogP contribution < -0.4 is 11.2 Å². The number of nitrogens with one attached hydrogen (secondary N) is 2. The third kappa shape index (κ3) is 3.69. The van der Waals surface area contributed by atoms with E-state index in [1.54, 1.807) is 12.1 Å². The molecule has 0 aliphatic heterocycles. The Hall–Kier alpha value is -2.59. The first-order valence-electron chi connectivity index (χ1n) is 4.95. The van der Waals surface area contributed by atoms with Gasteiger partial charge in [0.2, 0.25) is 5.71 Å². The summed E-state index contributed by atoms with van der Waals surface area (Å²) in [6.07, 6.45) is 0. The number of anilines is 1. The van der Waals surface area contributed by atoms with Crippen molar-refractivity contribution in [2.24, 2.45) is 10.8 Å². The first kappa shape index (κ1) is 14.5. The number of hydrogen-bond acceptors (Lipinski definition) is 6. The standard InChI is InChI=1S/C11H10ClN5O2/c1-19-11(18)7-4-6(2-3-8(7)12)16-17-9(5-13)10(14)15/h2-4,16H,1H3,(H3,14,15)/b17-9+. The molecule has 0 fully saturated rings. The molecule has 1 aromatic rings. The minimum atomic E-state index is -0.593. The molecule has 0 bridgehead atoms. The number of nitriles is 1. The summed E-state index contributed by atoms with van der Waals surface area (Å²) in [5.74, 6) is -1.05. The average molecular weight is 280 g/mol. The molecular weight excluding hydrogens is 270 g/mol. The Bertz CT molecular complexity index is 591. The number of rotatable bonds is 4. The summed E-state index contributed by atoms with van der Waals surface area (Å²) >= 11 is 5.84. The zero-order valence-corrected chi connectivity index (χ0v) is 10.7. The molecule has 0 heterocycles. The first-order chi connectivity index (χ1) is 8.99. The van der Waals surface area contributed by atoms with Crippen LogP contribution in [0.3, 0.4) is 0 Å². The van der Waals surface area contributed by atoms with Crippen LogP contribution in [0.1, 0.15) is 10.4 Å². The van der Waals surface area contributed by atoms with E-state index in [-0.39, 0.29) is 16.3 Å². The maximum atomic E-state index is 11.4. The van der Waals surface area contributed by atoms with Crippen molar-refractivity contribution in [3.05, 3.63) is 28.8 Å². The molecule has 0 aliphatic rings. The summed E-state index contributed by atoms with van der Waals surface area (Å²) in [4.78, 5) is 11.4. The summed E-state index contributed by atoms with van der Waals surface area (Å²) in [7, 11) is 1.24. The van der Waals surface area contributed by atoms with Crippen LogP contribution in [0.25, 0.3) is 0 Å². The smallest absolute Gasteiger partial charge is 0.339 e. The predicted octanol–water partition coefficient (Wildman–Crippen LogP) is 1.35. The number of carbonyl (C=O) groups is 1. The van der Waals surface area contributed by atoms with Gasteiger partial charge in [0.25, 0.3) is 0 Å². The topological polar surface area (TPSA) is 124 Å². The fourth-order valence-corrected chi connectivity index (χ4v) is 1.32. The van der Waals surface area contributed by atoms with Crippen molar-refractivity contribution in [3.8, 4) is 6.07 Å². The highest BCUT2D eigenvalue weighted by molar-refractivity contribution is 6.45. The van der Waals surface area contributed by atoms with E-state index in [0.717, 1.165) is 0 Å². The SMILES string of the molecule is COC(=O)c1cc(N/N=C(\C#N)C(=N)N)ccc1Cl. The Morgan fingerprint density at radius 1 is 1.63 bits per heavy atom. The molecule has 1 rings (SSSR count). The lowest BCUT2D eigenvalue weighted by Gasteiger charge is -2.05. The van der Waals surface area contributed by atoms with Crippen LogP contribution in [-0.4, -0.2) is 24.6 Å². The molecule has 4 N–H and O–H groups in total. The molecule has 7 nitrogen and oxygen atoms in total. The predicted molar refractivity (Wildman–Crippen MR) is 71.4 cm³/mol. The molecule has 8 heteroatoms. The lowest BCUT2D eigenvalue weighted by Crippen LogP contribution is -2.21. The van der Waals surface area contributed by atoms with Crippen LogP contribution in [0.4, 0.5) is 5.69 Å². The highest BCUT2D eigenvalue weighted by atomic mass is 35.5. The third-order valence-electron chi connectivity index (χ3n) is 2.03. The van der Waals surface area contributed by atoms with Crippen molar-refractivity contribution in [2.75, 3.05) is 12.5 Å². The van der Waals surface area contributed by atoms with Crippen LogP contribution in [0.15, 0.2) is 23.3 Å². The number of hydrazone groups is 1. The highest BCUT2D eigenvalue weighted by Gasteiger charge is 2.11. The summed E-state index contributed by atoms with van der Waals surface area (Å²) in [6, 6.07) is 6.09. The van der Waals surface area contributed by atoms with E-state index in [2.05, 4.69) is 15.3 Å². The fourth-order valence-electron chi connectivity index (χ4n) is 1.13. The van der Waals surface area contributed by atoms with Gasteiger partial charge >= 0.3 is 5.97 Å². The Kier molecular flexibility index (Phi) is 4.85. The number of ether oxygens (including phenoxy) is 1. The fraction of sp³-hybridized carbons (Fsp3) is 0.0909. The number of benzene rings is 1. The molecule has 0 aliphatic carbocycles. The van der Waals surface area contributed by atoms with E-state index in [1.165, 1.54) is 19.2 Å². The van der Waals surface area contributed by atoms with Crippen molar-refractivity contribution in [1.82, 2.24) is 0 Å².